The van der Waals surface area contributed by atoms with Gasteiger partial charge in [0.25, 0.3) is 11.8 Å². The first kappa shape index (κ1) is 18.4. The molecule has 4 amide bonds. The van der Waals surface area contributed by atoms with Crippen LogP contribution >= 0.6 is 0 Å². The molecular formula is C22H18N4O3. The van der Waals surface area contributed by atoms with Crippen molar-refractivity contribution in [3.05, 3.63) is 71.9 Å². The van der Waals surface area contributed by atoms with Crippen molar-refractivity contribution in [1.82, 2.24) is 10.3 Å². The van der Waals surface area contributed by atoms with Crippen LogP contribution in [0, 0.1) is 0 Å². The molecule has 1 saturated heterocycles. The first-order valence-corrected chi connectivity index (χ1v) is 8.98. The smallest absolute Gasteiger partial charge is 0.336 e. The molecule has 1 N–H and O–H groups in total. The molecule has 3 aromatic rings. The van der Waals surface area contributed by atoms with Gasteiger partial charge in [-0.15, -0.1) is 0 Å². The number of aromatic nitrogens is 1. The maximum Gasteiger partial charge on any atom is 0.336 e. The summed E-state index contributed by atoms with van der Waals surface area (Å²) in [7, 11) is 3.85. The molecule has 0 radical (unpaired) electrons. The minimum atomic E-state index is -0.793. The molecule has 7 heteroatoms. The number of nitrogens with zero attached hydrogens (tertiary/aromatic N) is 3. The Morgan fingerprint density at radius 1 is 0.966 bits per heavy atom. The molecule has 1 aromatic heterocycles. The number of hydrogen-bond donors (Lipinski definition) is 1. The summed E-state index contributed by atoms with van der Waals surface area (Å²) in [6, 6.07) is 15.4. The lowest BCUT2D eigenvalue weighted by molar-refractivity contribution is -0.122. The van der Waals surface area contributed by atoms with E-state index in [0.29, 0.717) is 16.8 Å². The van der Waals surface area contributed by atoms with Crippen LogP contribution in [-0.2, 0) is 9.59 Å². The Balaban J connectivity index is 1.76. The number of anilines is 2. The van der Waals surface area contributed by atoms with E-state index in [1.807, 2.05) is 55.4 Å². The number of urea groups is 1. The van der Waals surface area contributed by atoms with E-state index in [1.165, 1.54) is 6.08 Å². The van der Waals surface area contributed by atoms with E-state index < -0.39 is 17.8 Å². The normalized spacial score (nSPS) is 15.7. The second kappa shape index (κ2) is 7.20. The number of carbonyl (C=O) groups is 3. The van der Waals surface area contributed by atoms with Crippen LogP contribution < -0.4 is 15.1 Å². The molecule has 0 atom stereocenters. The topological polar surface area (TPSA) is 82.6 Å². The van der Waals surface area contributed by atoms with Gasteiger partial charge < -0.3 is 4.90 Å². The Hall–Kier alpha value is -4.00. The second-order valence-corrected chi connectivity index (χ2v) is 6.80. The summed E-state index contributed by atoms with van der Waals surface area (Å²) >= 11 is 0. The lowest BCUT2D eigenvalue weighted by Gasteiger charge is -2.27. The predicted molar refractivity (Wildman–Crippen MR) is 112 cm³/mol. The zero-order chi connectivity index (χ0) is 20.5. The second-order valence-electron chi connectivity index (χ2n) is 6.80. The number of para-hydroxylation sites is 1. The van der Waals surface area contributed by atoms with Gasteiger partial charge in [0.2, 0.25) is 0 Å². The minimum Gasteiger partial charge on any atom is -0.378 e. The molecule has 1 aliphatic rings. The maximum atomic E-state index is 13.1. The van der Waals surface area contributed by atoms with Gasteiger partial charge in [-0.25, -0.2) is 9.69 Å². The quantitative estimate of drug-likeness (QED) is 0.553. The summed E-state index contributed by atoms with van der Waals surface area (Å²) < 4.78 is 0. The van der Waals surface area contributed by atoms with Crippen molar-refractivity contribution in [1.29, 1.82) is 0 Å². The van der Waals surface area contributed by atoms with E-state index in [2.05, 4.69) is 10.3 Å². The van der Waals surface area contributed by atoms with E-state index in [1.54, 1.807) is 24.4 Å². The van der Waals surface area contributed by atoms with Crippen molar-refractivity contribution < 1.29 is 14.4 Å². The zero-order valence-corrected chi connectivity index (χ0v) is 15.9. The molecule has 144 valence electrons. The van der Waals surface area contributed by atoms with Crippen LogP contribution in [0.15, 0.2) is 66.4 Å². The summed E-state index contributed by atoms with van der Waals surface area (Å²) in [4.78, 5) is 45.2. The third kappa shape index (κ3) is 3.34. The first-order chi connectivity index (χ1) is 14.0. The number of benzene rings is 2. The van der Waals surface area contributed by atoms with E-state index in [9.17, 15) is 14.4 Å². The van der Waals surface area contributed by atoms with E-state index in [0.717, 1.165) is 16.0 Å². The molecule has 1 aliphatic heterocycles. The summed E-state index contributed by atoms with van der Waals surface area (Å²) in [6.45, 7) is 0. The van der Waals surface area contributed by atoms with Crippen LogP contribution in [-0.4, -0.2) is 36.9 Å². The van der Waals surface area contributed by atoms with Gasteiger partial charge in [-0.2, -0.15) is 0 Å². The van der Waals surface area contributed by atoms with Crippen molar-refractivity contribution in [3.63, 3.8) is 0 Å². The van der Waals surface area contributed by atoms with Crippen LogP contribution in [0.5, 0.6) is 0 Å². The standard InChI is InChI=1S/C22H18N4O3/c1-25(2)16-10-8-14(9-11-16)13-17-20(27)24-22(29)26(21(17)28)18-7-3-5-15-6-4-12-23-19(15)18/h3-13H,1-2H3,(H,24,27,29). The molecule has 0 saturated carbocycles. The third-order valence-corrected chi connectivity index (χ3v) is 4.67. The number of fused-ring (bicyclic) bond motifs is 1. The monoisotopic (exact) mass is 386 g/mol. The number of imide groups is 2. The van der Waals surface area contributed by atoms with Crippen molar-refractivity contribution in [3.8, 4) is 0 Å². The molecule has 0 bridgehead atoms. The van der Waals surface area contributed by atoms with Gasteiger partial charge in [-0.1, -0.05) is 30.3 Å². The number of barbiturate groups is 1. The Bertz CT molecular complexity index is 1160. The Morgan fingerprint density at radius 2 is 1.69 bits per heavy atom. The van der Waals surface area contributed by atoms with Gasteiger partial charge in [0.1, 0.15) is 5.57 Å². The fourth-order valence-electron chi connectivity index (χ4n) is 3.18. The van der Waals surface area contributed by atoms with Crippen molar-refractivity contribution >= 4 is 46.2 Å². The molecule has 0 aliphatic carbocycles. The SMILES string of the molecule is CN(C)c1ccc(C=C2C(=O)NC(=O)N(c3cccc4cccnc34)C2=O)cc1. The van der Waals surface area contributed by atoms with Gasteiger partial charge >= 0.3 is 6.03 Å². The fraction of sp³-hybridized carbons (Fsp3) is 0.0909. The highest BCUT2D eigenvalue weighted by molar-refractivity contribution is 6.40. The molecule has 2 heterocycles. The largest absolute Gasteiger partial charge is 0.378 e. The van der Waals surface area contributed by atoms with E-state index in [4.69, 9.17) is 0 Å². The Morgan fingerprint density at radius 3 is 2.41 bits per heavy atom. The molecule has 4 rings (SSSR count). The van der Waals surface area contributed by atoms with Crippen LogP contribution in [0.3, 0.4) is 0 Å². The molecule has 7 nitrogen and oxygen atoms in total. The number of hydrogen-bond acceptors (Lipinski definition) is 5. The van der Waals surface area contributed by atoms with Crippen molar-refractivity contribution in [2.75, 3.05) is 23.9 Å². The van der Waals surface area contributed by atoms with Gasteiger partial charge in [0, 0.05) is 31.4 Å². The molecular weight excluding hydrogens is 368 g/mol. The lowest BCUT2D eigenvalue weighted by Crippen LogP contribution is -2.54. The van der Waals surface area contributed by atoms with Gasteiger partial charge in [-0.3, -0.25) is 19.9 Å². The van der Waals surface area contributed by atoms with Crippen molar-refractivity contribution in [2.24, 2.45) is 0 Å². The average Bonchev–Trinajstić information content (AvgIpc) is 2.71. The molecule has 1 fully saturated rings. The Labute approximate surface area is 167 Å². The molecule has 2 aromatic carbocycles. The highest BCUT2D eigenvalue weighted by Gasteiger charge is 2.37. The summed E-state index contributed by atoms with van der Waals surface area (Å²) in [5, 5.41) is 3.03. The highest BCUT2D eigenvalue weighted by atomic mass is 16.2. The van der Waals surface area contributed by atoms with E-state index in [-0.39, 0.29) is 5.57 Å². The summed E-state index contributed by atoms with van der Waals surface area (Å²) in [6.07, 6.45) is 3.07. The fourth-order valence-corrected chi connectivity index (χ4v) is 3.18. The summed E-state index contributed by atoms with van der Waals surface area (Å²) in [5.41, 5.74) is 2.38. The van der Waals surface area contributed by atoms with Gasteiger partial charge in [0.05, 0.1) is 11.2 Å². The lowest BCUT2D eigenvalue weighted by atomic mass is 10.1. The number of carbonyl (C=O) groups excluding carboxylic acids is 3. The van der Waals surface area contributed by atoms with Crippen LogP contribution in [0.2, 0.25) is 0 Å². The molecule has 0 unspecified atom stereocenters. The van der Waals surface area contributed by atoms with Crippen molar-refractivity contribution in [2.45, 2.75) is 0 Å². The average molecular weight is 386 g/mol. The number of amides is 4. The highest BCUT2D eigenvalue weighted by Crippen LogP contribution is 2.28. The summed E-state index contributed by atoms with van der Waals surface area (Å²) in [5.74, 6) is -1.41. The van der Waals surface area contributed by atoms with Gasteiger partial charge in [-0.05, 0) is 35.9 Å². The van der Waals surface area contributed by atoms with Crippen LogP contribution in [0.25, 0.3) is 17.0 Å². The molecule has 29 heavy (non-hydrogen) atoms. The van der Waals surface area contributed by atoms with Crippen LogP contribution in [0.1, 0.15) is 5.56 Å². The number of pyridine rings is 1. The molecule has 0 spiro atoms. The first-order valence-electron chi connectivity index (χ1n) is 8.98. The predicted octanol–water partition coefficient (Wildman–Crippen LogP) is 2.97. The van der Waals surface area contributed by atoms with Crippen LogP contribution in [0.4, 0.5) is 16.2 Å². The minimum absolute atomic E-state index is 0.116. The Kier molecular flexibility index (Phi) is 4.56. The van der Waals surface area contributed by atoms with Gasteiger partial charge in [0.15, 0.2) is 0 Å². The number of rotatable bonds is 3. The maximum absolute atomic E-state index is 13.1. The third-order valence-electron chi connectivity index (χ3n) is 4.67. The van der Waals surface area contributed by atoms with E-state index >= 15 is 0 Å². The number of nitrogens with one attached hydrogen (secondary N) is 1. The zero-order valence-electron chi connectivity index (χ0n) is 15.9.